The van der Waals surface area contributed by atoms with Crippen LogP contribution in [0.25, 0.3) is 0 Å². The molecule has 22 heavy (non-hydrogen) atoms. The molecule has 0 radical (unpaired) electrons. The Balaban J connectivity index is 2.48. The van der Waals surface area contributed by atoms with Gasteiger partial charge in [-0.25, -0.2) is 4.79 Å². The maximum atomic E-state index is 11.4. The summed E-state index contributed by atoms with van der Waals surface area (Å²) >= 11 is 0. The first kappa shape index (κ1) is 17.6. The van der Waals surface area contributed by atoms with Crippen molar-refractivity contribution in [3.05, 3.63) is 29.3 Å². The Labute approximate surface area is 131 Å². The molecule has 0 heterocycles. The van der Waals surface area contributed by atoms with E-state index in [0.717, 1.165) is 11.8 Å². The number of ether oxygens (including phenoxy) is 2. The van der Waals surface area contributed by atoms with Gasteiger partial charge in [-0.2, -0.15) is 0 Å². The van der Waals surface area contributed by atoms with E-state index < -0.39 is 11.7 Å². The zero-order valence-corrected chi connectivity index (χ0v) is 13.4. The van der Waals surface area contributed by atoms with Gasteiger partial charge in [-0.15, -0.1) is 0 Å². The molecule has 1 aromatic rings. The molecule has 0 aliphatic carbocycles. The zero-order valence-electron chi connectivity index (χ0n) is 13.4. The van der Waals surface area contributed by atoms with Gasteiger partial charge in [-0.1, -0.05) is 11.8 Å². The maximum absolute atomic E-state index is 11.4. The quantitative estimate of drug-likeness (QED) is 0.528. The summed E-state index contributed by atoms with van der Waals surface area (Å²) in [5.74, 6) is 6.39. The normalized spacial score (nSPS) is 10.2. The lowest BCUT2D eigenvalue weighted by atomic mass is 10.1. The summed E-state index contributed by atoms with van der Waals surface area (Å²) in [5.41, 5.74) is 0.728. The molecule has 0 aromatic heterocycles. The predicted octanol–water partition coefficient (Wildman–Crippen LogP) is 2.77. The van der Waals surface area contributed by atoms with Crippen molar-refractivity contribution in [3.63, 3.8) is 0 Å². The molecule has 0 saturated carbocycles. The fourth-order valence-corrected chi connectivity index (χ4v) is 1.59. The second-order valence-corrected chi connectivity index (χ2v) is 5.56. The van der Waals surface area contributed by atoms with Crippen LogP contribution >= 0.6 is 0 Å². The molecule has 5 nitrogen and oxygen atoms in total. The van der Waals surface area contributed by atoms with E-state index in [1.807, 2.05) is 20.8 Å². The van der Waals surface area contributed by atoms with Crippen molar-refractivity contribution in [2.75, 3.05) is 13.7 Å². The van der Waals surface area contributed by atoms with E-state index in [9.17, 15) is 9.59 Å². The molecular weight excluding hydrogens is 282 g/mol. The minimum absolute atomic E-state index is 0.408. The maximum Gasteiger partial charge on any atom is 0.407 e. The summed E-state index contributed by atoms with van der Waals surface area (Å²) in [7, 11) is 1.50. The monoisotopic (exact) mass is 303 g/mol. The molecule has 0 bridgehead atoms. The van der Waals surface area contributed by atoms with Crippen LogP contribution in [0.4, 0.5) is 4.79 Å². The van der Waals surface area contributed by atoms with E-state index >= 15 is 0 Å². The Hall–Kier alpha value is -2.48. The van der Waals surface area contributed by atoms with Crippen LogP contribution in [0.3, 0.4) is 0 Å². The van der Waals surface area contributed by atoms with Gasteiger partial charge in [-0.3, -0.25) is 4.79 Å². The fraction of sp³-hybridized carbons (Fsp3) is 0.412. The van der Waals surface area contributed by atoms with Crippen molar-refractivity contribution in [2.24, 2.45) is 0 Å². The summed E-state index contributed by atoms with van der Waals surface area (Å²) in [5, 5.41) is 2.63. The van der Waals surface area contributed by atoms with Gasteiger partial charge in [0.05, 0.1) is 12.7 Å². The first-order chi connectivity index (χ1) is 10.4. The highest BCUT2D eigenvalue weighted by Crippen LogP contribution is 2.17. The highest BCUT2D eigenvalue weighted by Gasteiger charge is 2.15. The number of benzene rings is 1. The fourth-order valence-electron chi connectivity index (χ4n) is 1.59. The summed E-state index contributed by atoms with van der Waals surface area (Å²) in [4.78, 5) is 22.2. The zero-order chi connectivity index (χ0) is 16.6. The molecule has 0 aliphatic rings. The Morgan fingerprint density at radius 2 is 2.09 bits per heavy atom. The van der Waals surface area contributed by atoms with Crippen molar-refractivity contribution in [1.82, 2.24) is 5.32 Å². The van der Waals surface area contributed by atoms with Crippen LogP contribution in [0.15, 0.2) is 18.2 Å². The molecule has 0 saturated heterocycles. The lowest BCUT2D eigenvalue weighted by Crippen LogP contribution is -2.32. The number of methoxy groups -OCH3 is 1. The van der Waals surface area contributed by atoms with Crippen LogP contribution in [0.1, 0.15) is 43.1 Å². The molecule has 1 N–H and O–H groups in total. The van der Waals surface area contributed by atoms with E-state index in [1.54, 1.807) is 18.2 Å². The highest BCUT2D eigenvalue weighted by atomic mass is 16.6. The van der Waals surface area contributed by atoms with E-state index in [-0.39, 0.29) is 0 Å². The predicted molar refractivity (Wildman–Crippen MR) is 84.1 cm³/mol. The summed E-state index contributed by atoms with van der Waals surface area (Å²) in [6, 6.07) is 5.12. The Bertz CT molecular complexity index is 591. The Morgan fingerprint density at radius 1 is 1.36 bits per heavy atom. The average Bonchev–Trinajstić information content (AvgIpc) is 2.44. The number of nitrogens with one attached hydrogen (secondary N) is 1. The van der Waals surface area contributed by atoms with Crippen LogP contribution in [0.2, 0.25) is 0 Å². The molecular formula is C17H21NO4. The molecule has 1 amide bonds. The van der Waals surface area contributed by atoms with Crippen molar-refractivity contribution in [1.29, 1.82) is 0 Å². The number of hydrogen-bond donors (Lipinski definition) is 1. The smallest absolute Gasteiger partial charge is 0.407 e. The third kappa shape index (κ3) is 6.31. The van der Waals surface area contributed by atoms with Crippen LogP contribution in [0.5, 0.6) is 5.75 Å². The van der Waals surface area contributed by atoms with Gasteiger partial charge < -0.3 is 14.8 Å². The van der Waals surface area contributed by atoms with Crippen LogP contribution in [-0.4, -0.2) is 31.6 Å². The van der Waals surface area contributed by atoms with Gasteiger partial charge in [0.25, 0.3) is 0 Å². The lowest BCUT2D eigenvalue weighted by molar-refractivity contribution is 0.0529. The Morgan fingerprint density at radius 3 is 2.68 bits per heavy atom. The van der Waals surface area contributed by atoms with Crippen LogP contribution < -0.4 is 10.1 Å². The number of alkyl carbamates (subject to hydrolysis) is 1. The minimum Gasteiger partial charge on any atom is -0.496 e. The molecule has 118 valence electrons. The molecule has 0 spiro atoms. The molecule has 1 aromatic carbocycles. The molecule has 0 fully saturated rings. The number of hydrogen-bond acceptors (Lipinski definition) is 4. The Kier molecular flexibility index (Phi) is 6.46. The lowest BCUT2D eigenvalue weighted by Gasteiger charge is -2.19. The van der Waals surface area contributed by atoms with Crippen molar-refractivity contribution < 1.29 is 19.1 Å². The third-order valence-electron chi connectivity index (χ3n) is 2.51. The minimum atomic E-state index is -0.507. The number of aldehydes is 1. The van der Waals surface area contributed by atoms with E-state index in [2.05, 4.69) is 17.2 Å². The molecule has 1 rings (SSSR count). The van der Waals surface area contributed by atoms with Gasteiger partial charge in [-0.05, 0) is 39.0 Å². The standard InChI is InChI=1S/C17H21NO4/c1-17(2,3)22-16(20)18-10-6-5-7-13-8-9-14(12-19)15(11-13)21-4/h8-9,11-12H,6,10H2,1-4H3,(H,18,20). The van der Waals surface area contributed by atoms with Crippen molar-refractivity contribution in [3.8, 4) is 17.6 Å². The first-order valence-corrected chi connectivity index (χ1v) is 6.94. The molecule has 5 heteroatoms. The van der Waals surface area contributed by atoms with E-state index in [1.165, 1.54) is 7.11 Å². The third-order valence-corrected chi connectivity index (χ3v) is 2.51. The summed E-state index contributed by atoms with van der Waals surface area (Å²) in [6.45, 7) is 5.83. The summed E-state index contributed by atoms with van der Waals surface area (Å²) in [6.07, 6.45) is 0.781. The van der Waals surface area contributed by atoms with Crippen molar-refractivity contribution in [2.45, 2.75) is 32.8 Å². The SMILES string of the molecule is COc1cc(C#CCCNC(=O)OC(C)(C)C)ccc1C=O. The average molecular weight is 303 g/mol. The highest BCUT2D eigenvalue weighted by molar-refractivity contribution is 5.79. The molecule has 0 unspecified atom stereocenters. The number of carbonyl (C=O) groups is 2. The van der Waals surface area contributed by atoms with Gasteiger partial charge in [0, 0.05) is 18.5 Å². The van der Waals surface area contributed by atoms with E-state index in [0.29, 0.717) is 24.3 Å². The van der Waals surface area contributed by atoms with Gasteiger partial charge in [0.2, 0.25) is 0 Å². The van der Waals surface area contributed by atoms with Crippen molar-refractivity contribution >= 4 is 12.4 Å². The van der Waals surface area contributed by atoms with Crippen LogP contribution in [0, 0.1) is 11.8 Å². The largest absolute Gasteiger partial charge is 0.496 e. The van der Waals surface area contributed by atoms with Gasteiger partial charge in [0.1, 0.15) is 11.4 Å². The topological polar surface area (TPSA) is 64.6 Å². The summed E-state index contributed by atoms with van der Waals surface area (Å²) < 4.78 is 10.2. The van der Waals surface area contributed by atoms with Gasteiger partial charge >= 0.3 is 6.09 Å². The van der Waals surface area contributed by atoms with E-state index in [4.69, 9.17) is 9.47 Å². The molecule has 0 atom stereocenters. The number of rotatable bonds is 4. The second kappa shape index (κ2) is 8.08. The molecule has 0 aliphatic heterocycles. The number of carbonyl (C=O) groups excluding carboxylic acids is 2. The first-order valence-electron chi connectivity index (χ1n) is 6.94. The number of amides is 1. The second-order valence-electron chi connectivity index (χ2n) is 5.56. The van der Waals surface area contributed by atoms with Gasteiger partial charge in [0.15, 0.2) is 6.29 Å². The van der Waals surface area contributed by atoms with Crippen LogP contribution in [-0.2, 0) is 4.74 Å².